The Hall–Kier alpha value is -0.290. The highest BCUT2D eigenvalue weighted by molar-refractivity contribution is 6.56. The van der Waals surface area contributed by atoms with Crippen LogP contribution >= 0.6 is 58.0 Å². The molecular weight excluding hydrogens is 370 g/mol. The molecule has 0 saturated carbocycles. The Balaban J connectivity index is 2.87. The molecule has 0 amide bonds. The lowest BCUT2D eigenvalue weighted by atomic mass is 10.0. The highest BCUT2D eigenvalue weighted by Gasteiger charge is 2.23. The van der Waals surface area contributed by atoms with Crippen LogP contribution in [0.2, 0.25) is 25.1 Å². The van der Waals surface area contributed by atoms with Gasteiger partial charge in [0, 0.05) is 22.9 Å². The number of aliphatic hydroxyl groups excluding tert-OH is 1. The number of aliphatic hydroxyl groups is 1. The molecule has 0 aliphatic carbocycles. The van der Waals surface area contributed by atoms with Crippen LogP contribution < -0.4 is 0 Å². The molecule has 1 aromatic carbocycles. The number of pyridine rings is 1. The fraction of sp³-hybridized carbons (Fsp3) is 0.0833. The van der Waals surface area contributed by atoms with E-state index in [4.69, 9.17) is 58.0 Å². The Morgan fingerprint density at radius 2 is 1.40 bits per heavy atom. The summed E-state index contributed by atoms with van der Waals surface area (Å²) in [6.45, 7) is -0.561. The maximum Gasteiger partial charge on any atom is 0.147 e. The maximum atomic E-state index is 13.7. The standard InChI is InChI=1S/C12H5Cl5FNO/c13-8-7(9(14)11(16)12(17)10(8)15)4-1-19-2-6(18)5(4)3-20/h1-2,20H,3H2. The average Bonchev–Trinajstić information content (AvgIpc) is 2.43. The van der Waals surface area contributed by atoms with E-state index >= 15 is 0 Å². The van der Waals surface area contributed by atoms with E-state index in [2.05, 4.69) is 4.98 Å². The topological polar surface area (TPSA) is 33.1 Å². The third-order valence-corrected chi connectivity index (χ3v) is 4.92. The maximum absolute atomic E-state index is 13.7. The predicted molar refractivity (Wildman–Crippen MR) is 80.6 cm³/mol. The fourth-order valence-corrected chi connectivity index (χ4v) is 3.02. The molecule has 106 valence electrons. The lowest BCUT2D eigenvalue weighted by molar-refractivity contribution is 0.276. The monoisotopic (exact) mass is 373 g/mol. The van der Waals surface area contributed by atoms with E-state index in [-0.39, 0.29) is 41.8 Å². The van der Waals surface area contributed by atoms with Gasteiger partial charge in [0.1, 0.15) is 5.82 Å². The smallest absolute Gasteiger partial charge is 0.147 e. The van der Waals surface area contributed by atoms with Gasteiger partial charge < -0.3 is 5.11 Å². The second-order valence-electron chi connectivity index (χ2n) is 3.75. The number of hydrogen-bond acceptors (Lipinski definition) is 2. The van der Waals surface area contributed by atoms with Gasteiger partial charge in [-0.1, -0.05) is 58.0 Å². The average molecular weight is 375 g/mol. The Labute approximate surface area is 139 Å². The van der Waals surface area contributed by atoms with Gasteiger partial charge in [0.05, 0.1) is 37.9 Å². The number of aromatic nitrogens is 1. The molecule has 2 nitrogen and oxygen atoms in total. The van der Waals surface area contributed by atoms with Crippen molar-refractivity contribution >= 4 is 58.0 Å². The van der Waals surface area contributed by atoms with E-state index in [9.17, 15) is 9.50 Å². The van der Waals surface area contributed by atoms with Crippen LogP contribution in [0.5, 0.6) is 0 Å². The highest BCUT2D eigenvalue weighted by Crippen LogP contribution is 2.48. The zero-order valence-corrected chi connectivity index (χ0v) is 13.3. The predicted octanol–water partition coefficient (Wildman–Crippen LogP) is 5.65. The molecule has 1 N–H and O–H groups in total. The Morgan fingerprint density at radius 1 is 0.900 bits per heavy atom. The van der Waals surface area contributed by atoms with Crippen molar-refractivity contribution in [3.8, 4) is 11.1 Å². The van der Waals surface area contributed by atoms with Crippen molar-refractivity contribution in [2.45, 2.75) is 6.61 Å². The van der Waals surface area contributed by atoms with E-state index in [1.165, 1.54) is 6.20 Å². The number of hydrogen-bond donors (Lipinski definition) is 1. The lowest BCUT2D eigenvalue weighted by Gasteiger charge is -2.15. The SMILES string of the molecule is OCc1c(F)cncc1-c1c(Cl)c(Cl)c(Cl)c(Cl)c1Cl. The number of benzene rings is 1. The van der Waals surface area contributed by atoms with Crippen LogP contribution in [0.15, 0.2) is 12.4 Å². The Morgan fingerprint density at radius 3 is 1.90 bits per heavy atom. The molecule has 20 heavy (non-hydrogen) atoms. The van der Waals surface area contributed by atoms with E-state index in [1.807, 2.05) is 0 Å². The summed E-state index contributed by atoms with van der Waals surface area (Å²) in [6.07, 6.45) is 2.28. The second-order valence-corrected chi connectivity index (χ2v) is 5.64. The summed E-state index contributed by atoms with van der Waals surface area (Å²) < 4.78 is 13.7. The molecule has 1 aromatic heterocycles. The molecule has 0 saturated heterocycles. The van der Waals surface area contributed by atoms with Gasteiger partial charge in [-0.3, -0.25) is 4.98 Å². The molecule has 0 fully saturated rings. The third-order valence-electron chi connectivity index (χ3n) is 2.64. The van der Waals surface area contributed by atoms with Gasteiger partial charge in [0.2, 0.25) is 0 Å². The minimum absolute atomic E-state index is 0.00185. The van der Waals surface area contributed by atoms with E-state index in [1.54, 1.807) is 0 Å². The fourth-order valence-electron chi connectivity index (χ4n) is 1.68. The molecular formula is C12H5Cl5FNO. The minimum atomic E-state index is -0.695. The summed E-state index contributed by atoms with van der Waals surface area (Å²) in [4.78, 5) is 3.71. The van der Waals surface area contributed by atoms with Crippen molar-refractivity contribution in [1.82, 2.24) is 4.98 Å². The van der Waals surface area contributed by atoms with Crippen LogP contribution in [0.3, 0.4) is 0 Å². The number of rotatable bonds is 2. The van der Waals surface area contributed by atoms with Gasteiger partial charge in [-0.15, -0.1) is 0 Å². The summed E-state index contributed by atoms with van der Waals surface area (Å²) in [7, 11) is 0. The van der Waals surface area contributed by atoms with Gasteiger partial charge >= 0.3 is 0 Å². The number of nitrogens with zero attached hydrogens (tertiary/aromatic N) is 1. The first-order chi connectivity index (χ1) is 9.40. The molecule has 8 heteroatoms. The van der Waals surface area contributed by atoms with Crippen LogP contribution in [0.4, 0.5) is 4.39 Å². The molecule has 1 heterocycles. The molecule has 0 aliphatic rings. The van der Waals surface area contributed by atoms with E-state index < -0.39 is 12.4 Å². The van der Waals surface area contributed by atoms with Crippen molar-refractivity contribution in [2.24, 2.45) is 0 Å². The summed E-state index contributed by atoms with van der Waals surface area (Å²) in [6, 6.07) is 0. The first-order valence-corrected chi connectivity index (χ1v) is 7.04. The van der Waals surface area contributed by atoms with Crippen LogP contribution in [0.1, 0.15) is 5.56 Å². The molecule has 0 bridgehead atoms. The van der Waals surface area contributed by atoms with Crippen molar-refractivity contribution in [3.63, 3.8) is 0 Å². The molecule has 2 rings (SSSR count). The molecule has 0 unspecified atom stereocenters. The van der Waals surface area contributed by atoms with Crippen LogP contribution in [-0.2, 0) is 6.61 Å². The van der Waals surface area contributed by atoms with Crippen molar-refractivity contribution in [1.29, 1.82) is 0 Å². The first kappa shape index (κ1) is 16.1. The van der Waals surface area contributed by atoms with Gasteiger partial charge in [0.15, 0.2) is 0 Å². The minimum Gasteiger partial charge on any atom is -0.392 e. The third kappa shape index (κ3) is 2.59. The van der Waals surface area contributed by atoms with Crippen LogP contribution in [0.25, 0.3) is 11.1 Å². The molecule has 0 atom stereocenters. The second kappa shape index (κ2) is 6.22. The largest absolute Gasteiger partial charge is 0.392 e. The van der Waals surface area contributed by atoms with E-state index in [0.717, 1.165) is 6.20 Å². The van der Waals surface area contributed by atoms with Crippen molar-refractivity contribution in [2.75, 3.05) is 0 Å². The van der Waals surface area contributed by atoms with E-state index in [0.29, 0.717) is 0 Å². The normalized spacial score (nSPS) is 10.9. The zero-order chi connectivity index (χ0) is 15.0. The molecule has 0 spiro atoms. The van der Waals surface area contributed by atoms with Gasteiger partial charge in [0.25, 0.3) is 0 Å². The summed E-state index contributed by atoms with van der Waals surface area (Å²) in [5.74, 6) is -0.695. The Bertz CT molecular complexity index is 663. The summed E-state index contributed by atoms with van der Waals surface area (Å²) in [5.41, 5.74) is 0.352. The first-order valence-electron chi connectivity index (χ1n) is 5.15. The van der Waals surface area contributed by atoms with Crippen LogP contribution in [-0.4, -0.2) is 10.1 Å². The van der Waals surface area contributed by atoms with Gasteiger partial charge in [-0.05, 0) is 0 Å². The molecule has 0 radical (unpaired) electrons. The van der Waals surface area contributed by atoms with Gasteiger partial charge in [-0.2, -0.15) is 0 Å². The quantitative estimate of drug-likeness (QED) is 0.544. The highest BCUT2D eigenvalue weighted by atomic mass is 35.5. The van der Waals surface area contributed by atoms with Crippen LogP contribution in [0, 0.1) is 5.82 Å². The summed E-state index contributed by atoms with van der Waals surface area (Å²) in [5, 5.41) is 9.29. The number of halogens is 6. The zero-order valence-electron chi connectivity index (χ0n) is 9.52. The molecule has 0 aliphatic heterocycles. The molecule has 2 aromatic rings. The summed E-state index contributed by atoms with van der Waals surface area (Å²) >= 11 is 30.0. The van der Waals surface area contributed by atoms with Gasteiger partial charge in [-0.25, -0.2) is 4.39 Å². The lowest BCUT2D eigenvalue weighted by Crippen LogP contribution is -1.98. The Kier molecular flexibility index (Phi) is 5.00. The van der Waals surface area contributed by atoms with Crippen molar-refractivity contribution in [3.05, 3.63) is 48.9 Å². The van der Waals surface area contributed by atoms with Crippen molar-refractivity contribution < 1.29 is 9.50 Å².